The van der Waals surface area contributed by atoms with Gasteiger partial charge in [0.05, 0.1) is 4.47 Å². The van der Waals surface area contributed by atoms with Crippen molar-refractivity contribution >= 4 is 39.0 Å². The first-order valence-electron chi connectivity index (χ1n) is 5.79. The molecule has 3 rings (SSSR count). The number of aryl methyl sites for hydroxylation is 2. The van der Waals surface area contributed by atoms with Gasteiger partial charge >= 0.3 is 0 Å². The highest BCUT2D eigenvalue weighted by Gasteiger charge is 2.11. The average Bonchev–Trinajstić information content (AvgIpc) is 2.81. The van der Waals surface area contributed by atoms with Crippen molar-refractivity contribution < 1.29 is 0 Å². The quantitative estimate of drug-likeness (QED) is 0.844. The molecule has 1 N–H and O–H groups in total. The van der Waals surface area contributed by atoms with Gasteiger partial charge in [-0.25, -0.2) is 4.98 Å². The van der Waals surface area contributed by atoms with E-state index in [0.717, 1.165) is 16.6 Å². The molecule has 1 aromatic heterocycles. The molecule has 0 aliphatic heterocycles. The van der Waals surface area contributed by atoms with Crippen LogP contribution in [0.25, 0.3) is 0 Å². The summed E-state index contributed by atoms with van der Waals surface area (Å²) in [5, 5.41) is 3.50. The maximum Gasteiger partial charge on any atom is 0.224 e. The average molecular weight is 325 g/mol. The highest BCUT2D eigenvalue weighted by molar-refractivity contribution is 9.10. The van der Waals surface area contributed by atoms with Crippen molar-refractivity contribution in [2.45, 2.75) is 19.3 Å². The summed E-state index contributed by atoms with van der Waals surface area (Å²) in [6.07, 6.45) is 5.25. The lowest BCUT2D eigenvalue weighted by molar-refractivity contribution is 0.912. The third-order valence-electron chi connectivity index (χ3n) is 3.08. The molecule has 1 aromatic carbocycles. The van der Waals surface area contributed by atoms with Crippen LogP contribution in [0.3, 0.4) is 0 Å². The predicted molar refractivity (Wildman–Crippen MR) is 76.5 cm³/mol. The molecule has 18 heavy (non-hydrogen) atoms. The molecule has 92 valence electrons. The van der Waals surface area contributed by atoms with Gasteiger partial charge in [0, 0.05) is 11.9 Å². The van der Waals surface area contributed by atoms with Crippen LogP contribution in [0.15, 0.2) is 28.9 Å². The van der Waals surface area contributed by atoms with Crippen molar-refractivity contribution in [1.29, 1.82) is 0 Å². The second kappa shape index (κ2) is 4.86. The van der Waals surface area contributed by atoms with E-state index in [1.54, 1.807) is 6.20 Å². The SMILES string of the molecule is Clc1ncc(Br)c(Nc2ccc3c(c2)CCC3)n1. The number of benzene rings is 1. The summed E-state index contributed by atoms with van der Waals surface area (Å²) in [5.41, 5.74) is 3.92. The van der Waals surface area contributed by atoms with E-state index in [9.17, 15) is 0 Å². The van der Waals surface area contributed by atoms with Crippen LogP contribution in [0.5, 0.6) is 0 Å². The number of aromatic nitrogens is 2. The van der Waals surface area contributed by atoms with Gasteiger partial charge in [-0.3, -0.25) is 0 Å². The minimum absolute atomic E-state index is 0.238. The topological polar surface area (TPSA) is 37.8 Å². The second-order valence-electron chi connectivity index (χ2n) is 4.30. The monoisotopic (exact) mass is 323 g/mol. The van der Waals surface area contributed by atoms with Crippen molar-refractivity contribution in [2.24, 2.45) is 0 Å². The number of fused-ring (bicyclic) bond motifs is 1. The fourth-order valence-corrected chi connectivity index (χ4v) is 2.64. The highest BCUT2D eigenvalue weighted by atomic mass is 79.9. The van der Waals surface area contributed by atoms with Crippen molar-refractivity contribution in [1.82, 2.24) is 9.97 Å². The number of rotatable bonds is 2. The zero-order chi connectivity index (χ0) is 12.5. The fourth-order valence-electron chi connectivity index (χ4n) is 2.22. The van der Waals surface area contributed by atoms with Crippen LogP contribution in [0.1, 0.15) is 17.5 Å². The zero-order valence-corrected chi connectivity index (χ0v) is 11.9. The van der Waals surface area contributed by atoms with Gasteiger partial charge in [-0.05, 0) is 70.1 Å². The zero-order valence-electron chi connectivity index (χ0n) is 9.58. The molecule has 1 aliphatic carbocycles. The third kappa shape index (κ3) is 2.35. The molecule has 5 heteroatoms. The van der Waals surface area contributed by atoms with Gasteiger partial charge in [0.2, 0.25) is 5.28 Å². The Labute approximate surface area is 119 Å². The van der Waals surface area contributed by atoms with Crippen LogP contribution in [-0.2, 0) is 12.8 Å². The summed E-state index contributed by atoms with van der Waals surface area (Å²) >= 11 is 9.20. The van der Waals surface area contributed by atoms with E-state index in [1.807, 2.05) is 0 Å². The van der Waals surface area contributed by atoms with Crippen LogP contribution < -0.4 is 5.32 Å². The Balaban J connectivity index is 1.90. The molecule has 0 radical (unpaired) electrons. The molecule has 2 aromatic rings. The second-order valence-corrected chi connectivity index (χ2v) is 5.49. The Morgan fingerprint density at radius 3 is 2.94 bits per heavy atom. The summed E-state index contributed by atoms with van der Waals surface area (Å²) < 4.78 is 0.799. The molecule has 0 saturated heterocycles. The molecule has 3 nitrogen and oxygen atoms in total. The molecule has 0 saturated carbocycles. The number of nitrogens with one attached hydrogen (secondary N) is 1. The van der Waals surface area contributed by atoms with Crippen molar-refractivity contribution in [3.8, 4) is 0 Å². The summed E-state index contributed by atoms with van der Waals surface area (Å²) in [6.45, 7) is 0. The smallest absolute Gasteiger partial charge is 0.224 e. The fraction of sp³-hybridized carbons (Fsp3) is 0.231. The molecule has 1 heterocycles. The van der Waals surface area contributed by atoms with E-state index in [0.29, 0.717) is 5.82 Å². The summed E-state index contributed by atoms with van der Waals surface area (Å²) in [4.78, 5) is 8.06. The Morgan fingerprint density at radius 1 is 1.22 bits per heavy atom. The van der Waals surface area contributed by atoms with E-state index in [-0.39, 0.29) is 5.28 Å². The van der Waals surface area contributed by atoms with E-state index in [2.05, 4.69) is 49.4 Å². The largest absolute Gasteiger partial charge is 0.339 e. The molecule has 0 fully saturated rings. The minimum Gasteiger partial charge on any atom is -0.339 e. The maximum absolute atomic E-state index is 5.79. The molecular formula is C13H11BrClN3. The molecule has 0 spiro atoms. The first-order valence-corrected chi connectivity index (χ1v) is 6.96. The van der Waals surface area contributed by atoms with Crippen LogP contribution in [0.2, 0.25) is 5.28 Å². The molecule has 0 atom stereocenters. The summed E-state index contributed by atoms with van der Waals surface area (Å²) in [5.74, 6) is 0.688. The van der Waals surface area contributed by atoms with Crippen LogP contribution in [0.4, 0.5) is 11.5 Å². The maximum atomic E-state index is 5.79. The van der Waals surface area contributed by atoms with Gasteiger partial charge in [0.15, 0.2) is 0 Å². The predicted octanol–water partition coefficient (Wildman–Crippen LogP) is 4.12. The van der Waals surface area contributed by atoms with Crippen molar-refractivity contribution in [3.05, 3.63) is 45.3 Å². The van der Waals surface area contributed by atoms with Crippen molar-refractivity contribution in [3.63, 3.8) is 0 Å². The molecule has 0 bridgehead atoms. The Bertz CT molecular complexity index is 601. The number of hydrogen-bond acceptors (Lipinski definition) is 3. The van der Waals surface area contributed by atoms with E-state index < -0.39 is 0 Å². The van der Waals surface area contributed by atoms with Crippen LogP contribution >= 0.6 is 27.5 Å². The van der Waals surface area contributed by atoms with Gasteiger partial charge in [-0.15, -0.1) is 0 Å². The Hall–Kier alpha value is -1.13. The Morgan fingerprint density at radius 2 is 2.06 bits per heavy atom. The van der Waals surface area contributed by atoms with Gasteiger partial charge in [0.25, 0.3) is 0 Å². The number of hydrogen-bond donors (Lipinski definition) is 1. The van der Waals surface area contributed by atoms with E-state index in [4.69, 9.17) is 11.6 Å². The van der Waals surface area contributed by atoms with Gasteiger partial charge < -0.3 is 5.32 Å². The van der Waals surface area contributed by atoms with Crippen molar-refractivity contribution in [2.75, 3.05) is 5.32 Å². The van der Waals surface area contributed by atoms with Crippen LogP contribution in [-0.4, -0.2) is 9.97 Å². The summed E-state index contributed by atoms with van der Waals surface area (Å²) in [7, 11) is 0. The normalized spacial score (nSPS) is 13.4. The number of halogens is 2. The van der Waals surface area contributed by atoms with E-state index >= 15 is 0 Å². The van der Waals surface area contributed by atoms with Crippen LogP contribution in [0, 0.1) is 0 Å². The Kier molecular flexibility index (Phi) is 3.22. The first-order chi connectivity index (χ1) is 8.72. The lowest BCUT2D eigenvalue weighted by atomic mass is 10.1. The summed E-state index contributed by atoms with van der Waals surface area (Å²) in [6, 6.07) is 6.44. The molecule has 0 amide bonds. The first kappa shape index (κ1) is 11.9. The highest BCUT2D eigenvalue weighted by Crippen LogP contribution is 2.28. The van der Waals surface area contributed by atoms with E-state index in [1.165, 1.54) is 24.0 Å². The van der Waals surface area contributed by atoms with Gasteiger partial charge in [-0.1, -0.05) is 6.07 Å². The van der Waals surface area contributed by atoms with Gasteiger partial charge in [-0.2, -0.15) is 4.98 Å². The minimum atomic E-state index is 0.238. The molecule has 1 aliphatic rings. The molecule has 0 unspecified atom stereocenters. The standard InChI is InChI=1S/C13H11BrClN3/c14-11-7-16-13(15)18-12(11)17-10-5-4-8-2-1-3-9(8)6-10/h4-7H,1-3H2,(H,16,17,18). The van der Waals surface area contributed by atoms with Gasteiger partial charge in [0.1, 0.15) is 5.82 Å². The lowest BCUT2D eigenvalue weighted by Gasteiger charge is -2.09. The lowest BCUT2D eigenvalue weighted by Crippen LogP contribution is -1.97. The number of nitrogens with zero attached hydrogens (tertiary/aromatic N) is 2. The molecular weight excluding hydrogens is 314 g/mol. The third-order valence-corrected chi connectivity index (χ3v) is 3.84. The number of anilines is 2.